The van der Waals surface area contributed by atoms with E-state index in [1.54, 1.807) is 0 Å². The Kier molecular flexibility index (Phi) is 7.43. The van der Waals surface area contributed by atoms with Gasteiger partial charge >= 0.3 is 0 Å². The molecule has 0 radical (unpaired) electrons. The van der Waals surface area contributed by atoms with Gasteiger partial charge in [-0.1, -0.05) is 35.9 Å². The van der Waals surface area contributed by atoms with Gasteiger partial charge in [-0.15, -0.1) is 0 Å². The van der Waals surface area contributed by atoms with E-state index in [1.807, 2.05) is 55.5 Å². The van der Waals surface area contributed by atoms with Crippen molar-refractivity contribution >= 4 is 23.2 Å². The number of carbonyl (C=O) groups is 1. The number of para-hydroxylation sites is 2. The highest BCUT2D eigenvalue weighted by Crippen LogP contribution is 2.23. The van der Waals surface area contributed by atoms with Gasteiger partial charge in [0.2, 0.25) is 5.91 Å². The Balaban J connectivity index is 1.67. The molecule has 2 N–H and O–H groups in total. The van der Waals surface area contributed by atoms with Gasteiger partial charge in [0, 0.05) is 24.5 Å². The second kappa shape index (κ2) is 9.83. The molecule has 0 aliphatic heterocycles. The molecule has 0 fully saturated rings. The summed E-state index contributed by atoms with van der Waals surface area (Å²) in [5, 5.41) is 6.89. The molecule has 1 amide bonds. The van der Waals surface area contributed by atoms with Crippen LogP contribution in [0.25, 0.3) is 0 Å². The first-order valence-electron chi connectivity index (χ1n) is 8.16. The fourth-order valence-corrected chi connectivity index (χ4v) is 2.42. The SMILES string of the molecule is CCOc1ccccc1NCCC(=O)NCCc1ccc(Cl)cc1. The Morgan fingerprint density at radius 3 is 2.58 bits per heavy atom. The summed E-state index contributed by atoms with van der Waals surface area (Å²) in [6.07, 6.45) is 1.21. The summed E-state index contributed by atoms with van der Waals surface area (Å²) >= 11 is 5.85. The molecule has 0 saturated carbocycles. The van der Waals surface area contributed by atoms with Gasteiger partial charge in [-0.2, -0.15) is 0 Å². The summed E-state index contributed by atoms with van der Waals surface area (Å²) in [7, 11) is 0. The summed E-state index contributed by atoms with van der Waals surface area (Å²) in [4.78, 5) is 11.9. The molecular formula is C19H23ClN2O2. The summed E-state index contributed by atoms with van der Waals surface area (Å²) < 4.78 is 5.54. The quantitative estimate of drug-likeness (QED) is 0.724. The maximum atomic E-state index is 11.9. The Morgan fingerprint density at radius 2 is 1.83 bits per heavy atom. The summed E-state index contributed by atoms with van der Waals surface area (Å²) in [5.74, 6) is 0.841. The normalized spacial score (nSPS) is 10.2. The summed E-state index contributed by atoms with van der Waals surface area (Å²) in [6.45, 7) is 3.75. The molecule has 2 aromatic rings. The number of rotatable bonds is 9. The number of anilines is 1. The molecule has 24 heavy (non-hydrogen) atoms. The topological polar surface area (TPSA) is 50.4 Å². The number of carbonyl (C=O) groups excluding carboxylic acids is 1. The van der Waals surface area contributed by atoms with Gasteiger partial charge in [0.05, 0.1) is 12.3 Å². The van der Waals surface area contributed by atoms with Crippen LogP contribution in [0.1, 0.15) is 18.9 Å². The van der Waals surface area contributed by atoms with Crippen molar-refractivity contribution in [3.05, 3.63) is 59.1 Å². The molecule has 4 nitrogen and oxygen atoms in total. The Labute approximate surface area is 148 Å². The molecule has 128 valence electrons. The van der Waals surface area contributed by atoms with Crippen LogP contribution in [0.3, 0.4) is 0 Å². The van der Waals surface area contributed by atoms with Crippen molar-refractivity contribution < 1.29 is 9.53 Å². The van der Waals surface area contributed by atoms with Crippen LogP contribution in [0, 0.1) is 0 Å². The van der Waals surface area contributed by atoms with Crippen LogP contribution in [-0.4, -0.2) is 25.6 Å². The van der Waals surface area contributed by atoms with Crippen LogP contribution in [0.5, 0.6) is 5.75 Å². The van der Waals surface area contributed by atoms with Gasteiger partial charge in [-0.3, -0.25) is 4.79 Å². The van der Waals surface area contributed by atoms with Crippen molar-refractivity contribution in [2.24, 2.45) is 0 Å². The van der Waals surface area contributed by atoms with E-state index in [9.17, 15) is 4.79 Å². The van der Waals surface area contributed by atoms with E-state index in [2.05, 4.69) is 10.6 Å². The lowest BCUT2D eigenvalue weighted by molar-refractivity contribution is -0.120. The molecular weight excluding hydrogens is 324 g/mol. The van der Waals surface area contributed by atoms with Gasteiger partial charge in [0.1, 0.15) is 5.75 Å². The third-order valence-corrected chi connectivity index (χ3v) is 3.76. The van der Waals surface area contributed by atoms with Gasteiger partial charge in [-0.05, 0) is 43.2 Å². The Bertz CT molecular complexity index is 644. The van der Waals surface area contributed by atoms with Crippen LogP contribution in [0.4, 0.5) is 5.69 Å². The van der Waals surface area contributed by atoms with Crippen molar-refractivity contribution in [2.75, 3.05) is 25.0 Å². The van der Waals surface area contributed by atoms with Crippen LogP contribution >= 0.6 is 11.6 Å². The minimum Gasteiger partial charge on any atom is -0.492 e. The molecule has 0 aliphatic carbocycles. The van der Waals surface area contributed by atoms with Gasteiger partial charge in [-0.25, -0.2) is 0 Å². The fourth-order valence-electron chi connectivity index (χ4n) is 2.29. The number of hydrogen-bond donors (Lipinski definition) is 2. The van der Waals surface area contributed by atoms with E-state index >= 15 is 0 Å². The second-order valence-electron chi connectivity index (χ2n) is 5.33. The van der Waals surface area contributed by atoms with Crippen molar-refractivity contribution in [3.8, 4) is 5.75 Å². The molecule has 0 bridgehead atoms. The smallest absolute Gasteiger partial charge is 0.221 e. The molecule has 0 atom stereocenters. The molecule has 0 unspecified atom stereocenters. The zero-order chi connectivity index (χ0) is 17.2. The van der Waals surface area contributed by atoms with Gasteiger partial charge in [0.15, 0.2) is 0 Å². The molecule has 2 rings (SSSR count). The molecule has 0 spiro atoms. The van der Waals surface area contributed by atoms with Gasteiger partial charge in [0.25, 0.3) is 0 Å². The maximum absolute atomic E-state index is 11.9. The highest BCUT2D eigenvalue weighted by atomic mass is 35.5. The lowest BCUT2D eigenvalue weighted by atomic mass is 10.1. The average Bonchev–Trinajstić information content (AvgIpc) is 2.58. The molecule has 0 aliphatic rings. The van der Waals surface area contributed by atoms with Crippen molar-refractivity contribution in [1.82, 2.24) is 5.32 Å². The zero-order valence-electron chi connectivity index (χ0n) is 13.8. The average molecular weight is 347 g/mol. The predicted octanol–water partition coefficient (Wildman–Crippen LogP) is 3.90. The first kappa shape index (κ1) is 18.1. The lowest BCUT2D eigenvalue weighted by Crippen LogP contribution is -2.27. The number of ether oxygens (including phenoxy) is 1. The van der Waals surface area contributed by atoms with Gasteiger partial charge < -0.3 is 15.4 Å². The minimum absolute atomic E-state index is 0.0327. The largest absolute Gasteiger partial charge is 0.492 e. The summed E-state index contributed by atoms with van der Waals surface area (Å²) in [5.41, 5.74) is 2.07. The standard InChI is InChI=1S/C19H23ClN2O2/c1-2-24-18-6-4-3-5-17(18)21-14-12-19(23)22-13-11-15-7-9-16(20)10-8-15/h3-10,21H,2,11-14H2,1H3,(H,22,23). The van der Waals surface area contributed by atoms with Crippen molar-refractivity contribution in [1.29, 1.82) is 0 Å². The third kappa shape index (κ3) is 6.13. The molecule has 2 aromatic carbocycles. The number of halogens is 1. The van der Waals surface area contributed by atoms with E-state index in [-0.39, 0.29) is 5.91 Å². The molecule has 0 aromatic heterocycles. The van der Waals surface area contributed by atoms with Crippen molar-refractivity contribution in [3.63, 3.8) is 0 Å². The fraction of sp³-hybridized carbons (Fsp3) is 0.316. The minimum atomic E-state index is 0.0327. The number of nitrogens with one attached hydrogen (secondary N) is 2. The molecule has 5 heteroatoms. The Morgan fingerprint density at radius 1 is 1.08 bits per heavy atom. The highest BCUT2D eigenvalue weighted by molar-refractivity contribution is 6.30. The third-order valence-electron chi connectivity index (χ3n) is 3.50. The zero-order valence-corrected chi connectivity index (χ0v) is 14.6. The Hall–Kier alpha value is -2.20. The molecule has 0 heterocycles. The van der Waals surface area contributed by atoms with Crippen LogP contribution in [0.15, 0.2) is 48.5 Å². The number of amides is 1. The lowest BCUT2D eigenvalue weighted by Gasteiger charge is -2.12. The van der Waals surface area contributed by atoms with E-state index < -0.39 is 0 Å². The predicted molar refractivity (Wildman–Crippen MR) is 98.9 cm³/mol. The number of hydrogen-bond acceptors (Lipinski definition) is 3. The monoisotopic (exact) mass is 346 g/mol. The first-order valence-corrected chi connectivity index (χ1v) is 8.53. The second-order valence-corrected chi connectivity index (χ2v) is 5.77. The van der Waals surface area contributed by atoms with E-state index in [4.69, 9.17) is 16.3 Å². The van der Waals surface area contributed by atoms with Crippen molar-refractivity contribution in [2.45, 2.75) is 19.8 Å². The maximum Gasteiger partial charge on any atom is 0.221 e. The highest BCUT2D eigenvalue weighted by Gasteiger charge is 2.04. The first-order chi connectivity index (χ1) is 11.7. The van der Waals surface area contributed by atoms with E-state index in [0.717, 1.165) is 28.4 Å². The summed E-state index contributed by atoms with van der Waals surface area (Å²) in [6, 6.07) is 15.4. The van der Waals surface area contributed by atoms with Crippen LogP contribution in [-0.2, 0) is 11.2 Å². The number of benzene rings is 2. The van der Waals surface area contributed by atoms with E-state index in [1.165, 1.54) is 0 Å². The van der Waals surface area contributed by atoms with E-state index in [0.29, 0.717) is 26.1 Å². The molecule has 0 saturated heterocycles. The van der Waals surface area contributed by atoms with Crippen LogP contribution < -0.4 is 15.4 Å². The van der Waals surface area contributed by atoms with Crippen LogP contribution in [0.2, 0.25) is 5.02 Å².